The van der Waals surface area contributed by atoms with E-state index in [0.717, 1.165) is 25.2 Å². The molecule has 2 aromatic rings. The smallest absolute Gasteiger partial charge is 0.223 e. The van der Waals surface area contributed by atoms with Gasteiger partial charge in [-0.3, -0.25) is 4.79 Å². The third-order valence-corrected chi connectivity index (χ3v) is 6.68. The molecule has 0 spiro atoms. The maximum absolute atomic E-state index is 12.5. The summed E-state index contributed by atoms with van der Waals surface area (Å²) in [7, 11) is 0. The van der Waals surface area contributed by atoms with Crippen LogP contribution in [0.4, 0.5) is 11.4 Å². The van der Waals surface area contributed by atoms with Crippen LogP contribution < -0.4 is 15.1 Å². The van der Waals surface area contributed by atoms with Crippen molar-refractivity contribution in [3.05, 3.63) is 65.7 Å². The molecule has 0 aliphatic carbocycles. The minimum absolute atomic E-state index is 0.115. The Morgan fingerprint density at radius 2 is 1.76 bits per heavy atom. The molecule has 152 valence electrons. The molecular formula is C25H31N3O. The first kappa shape index (κ1) is 19.6. The van der Waals surface area contributed by atoms with Crippen LogP contribution in [0.25, 0.3) is 6.08 Å². The van der Waals surface area contributed by atoms with Gasteiger partial charge in [-0.15, -0.1) is 0 Å². The van der Waals surface area contributed by atoms with E-state index >= 15 is 0 Å². The highest BCUT2D eigenvalue weighted by atomic mass is 16.2. The Morgan fingerprint density at radius 1 is 1.07 bits per heavy atom. The molecule has 1 atom stereocenters. The van der Waals surface area contributed by atoms with Gasteiger partial charge in [0.15, 0.2) is 0 Å². The van der Waals surface area contributed by atoms with Gasteiger partial charge in [0, 0.05) is 42.8 Å². The van der Waals surface area contributed by atoms with E-state index in [0.29, 0.717) is 6.42 Å². The van der Waals surface area contributed by atoms with Crippen molar-refractivity contribution in [3.8, 4) is 0 Å². The van der Waals surface area contributed by atoms with E-state index in [1.165, 1.54) is 16.9 Å². The summed E-state index contributed by atoms with van der Waals surface area (Å²) in [6, 6.07) is 17.2. The number of hydrogen-bond acceptors (Lipinski definition) is 3. The monoisotopic (exact) mass is 389 g/mol. The molecule has 0 radical (unpaired) electrons. The molecule has 2 aromatic carbocycles. The molecule has 0 saturated carbocycles. The van der Waals surface area contributed by atoms with Crippen LogP contribution in [0.3, 0.4) is 0 Å². The zero-order valence-corrected chi connectivity index (χ0v) is 17.9. The Labute approximate surface area is 174 Å². The minimum Gasteiger partial charge on any atom is -0.372 e. The number of nitrogens with one attached hydrogen (secondary N) is 1. The lowest BCUT2D eigenvalue weighted by molar-refractivity contribution is -0.124. The molecule has 0 aromatic heterocycles. The summed E-state index contributed by atoms with van der Waals surface area (Å²) in [5, 5.41) is 3.34. The topological polar surface area (TPSA) is 35.6 Å². The Kier molecular flexibility index (Phi) is 4.89. The van der Waals surface area contributed by atoms with Crippen LogP contribution in [-0.2, 0) is 10.2 Å². The Hall–Kier alpha value is -2.75. The summed E-state index contributed by atoms with van der Waals surface area (Å²) in [4.78, 5) is 17.2. The number of fused-ring (bicyclic) bond motifs is 3. The standard InChI is InChI=1S/C25H31N3O/c1-5-27(6-2)20-13-11-19(12-14-20)15-17-25-24(3,4)21-9-7-8-10-22(21)28(25)18-16-23(29)26-25/h7-15,17H,5-6,16,18H2,1-4H3,(H,26,29). The molecule has 2 heterocycles. The first-order chi connectivity index (χ1) is 13.9. The summed E-state index contributed by atoms with van der Waals surface area (Å²) in [6.07, 6.45) is 4.87. The van der Waals surface area contributed by atoms with Crippen molar-refractivity contribution in [1.82, 2.24) is 5.32 Å². The average Bonchev–Trinajstić information content (AvgIpc) is 2.92. The van der Waals surface area contributed by atoms with Gasteiger partial charge in [0.05, 0.1) is 0 Å². The second kappa shape index (κ2) is 7.25. The minimum atomic E-state index is -0.552. The van der Waals surface area contributed by atoms with Crippen molar-refractivity contribution in [2.45, 2.75) is 45.2 Å². The van der Waals surface area contributed by atoms with E-state index in [2.05, 4.69) is 103 Å². The van der Waals surface area contributed by atoms with Crippen molar-refractivity contribution in [2.24, 2.45) is 0 Å². The Morgan fingerprint density at radius 3 is 2.45 bits per heavy atom. The predicted molar refractivity (Wildman–Crippen MR) is 121 cm³/mol. The van der Waals surface area contributed by atoms with Gasteiger partial charge < -0.3 is 15.1 Å². The zero-order chi connectivity index (χ0) is 20.6. The molecule has 4 rings (SSSR count). The van der Waals surface area contributed by atoms with Crippen molar-refractivity contribution < 1.29 is 4.79 Å². The fourth-order valence-corrected chi connectivity index (χ4v) is 4.92. The second-order valence-corrected chi connectivity index (χ2v) is 8.46. The number of amides is 1. The maximum Gasteiger partial charge on any atom is 0.223 e. The number of carbonyl (C=O) groups excluding carboxylic acids is 1. The summed E-state index contributed by atoms with van der Waals surface area (Å²) < 4.78 is 0. The highest BCUT2D eigenvalue weighted by Gasteiger charge is 2.57. The molecule has 2 aliphatic rings. The quantitative estimate of drug-likeness (QED) is 0.814. The number of para-hydroxylation sites is 1. The predicted octanol–water partition coefficient (Wildman–Crippen LogP) is 4.56. The van der Waals surface area contributed by atoms with E-state index in [-0.39, 0.29) is 11.3 Å². The Bertz CT molecular complexity index is 927. The van der Waals surface area contributed by atoms with Gasteiger partial charge in [-0.1, -0.05) is 50.3 Å². The summed E-state index contributed by atoms with van der Waals surface area (Å²) in [6.45, 7) is 11.5. The average molecular weight is 390 g/mol. The van der Waals surface area contributed by atoms with Gasteiger partial charge in [0.1, 0.15) is 5.66 Å². The Balaban J connectivity index is 1.71. The normalized spacial score (nSPS) is 22.3. The number of rotatable bonds is 5. The zero-order valence-electron chi connectivity index (χ0n) is 17.9. The molecule has 1 N–H and O–H groups in total. The molecule has 29 heavy (non-hydrogen) atoms. The van der Waals surface area contributed by atoms with E-state index < -0.39 is 5.66 Å². The third-order valence-electron chi connectivity index (χ3n) is 6.68. The van der Waals surface area contributed by atoms with Gasteiger partial charge >= 0.3 is 0 Å². The van der Waals surface area contributed by atoms with E-state index in [1.807, 2.05) is 0 Å². The summed E-state index contributed by atoms with van der Waals surface area (Å²) >= 11 is 0. The lowest BCUT2D eigenvalue weighted by atomic mass is 9.74. The van der Waals surface area contributed by atoms with Gasteiger partial charge in [0.25, 0.3) is 0 Å². The van der Waals surface area contributed by atoms with Gasteiger partial charge in [-0.05, 0) is 49.2 Å². The molecule has 1 amide bonds. The summed E-state index contributed by atoms with van der Waals surface area (Å²) in [5.41, 5.74) is 4.09. The summed E-state index contributed by atoms with van der Waals surface area (Å²) in [5.74, 6) is 0.115. The van der Waals surface area contributed by atoms with Crippen molar-refractivity contribution in [3.63, 3.8) is 0 Å². The van der Waals surface area contributed by atoms with Crippen LogP contribution in [-0.4, -0.2) is 31.2 Å². The fourth-order valence-electron chi connectivity index (χ4n) is 4.92. The fraction of sp³-hybridized carbons (Fsp3) is 0.400. The van der Waals surface area contributed by atoms with Crippen LogP contribution in [0.15, 0.2) is 54.6 Å². The van der Waals surface area contributed by atoms with E-state index in [1.54, 1.807) is 0 Å². The maximum atomic E-state index is 12.5. The number of benzene rings is 2. The van der Waals surface area contributed by atoms with Crippen molar-refractivity contribution in [2.75, 3.05) is 29.4 Å². The first-order valence-electron chi connectivity index (χ1n) is 10.7. The molecule has 2 aliphatic heterocycles. The van der Waals surface area contributed by atoms with Crippen LogP contribution >= 0.6 is 0 Å². The SMILES string of the molecule is CCN(CC)c1ccc(C=CC23NC(=O)CCN2c2ccccc2C3(C)C)cc1. The van der Waals surface area contributed by atoms with Crippen molar-refractivity contribution >= 4 is 23.4 Å². The molecule has 4 heteroatoms. The lowest BCUT2D eigenvalue weighted by Crippen LogP contribution is -2.68. The van der Waals surface area contributed by atoms with Gasteiger partial charge in [0.2, 0.25) is 5.91 Å². The van der Waals surface area contributed by atoms with Gasteiger partial charge in [-0.25, -0.2) is 0 Å². The molecule has 4 nitrogen and oxygen atoms in total. The van der Waals surface area contributed by atoms with Crippen LogP contribution in [0.1, 0.15) is 45.2 Å². The third kappa shape index (κ3) is 3.02. The van der Waals surface area contributed by atoms with Crippen LogP contribution in [0.5, 0.6) is 0 Å². The number of carbonyl (C=O) groups is 1. The lowest BCUT2D eigenvalue weighted by Gasteiger charge is -2.49. The first-order valence-corrected chi connectivity index (χ1v) is 10.7. The highest BCUT2D eigenvalue weighted by Crippen LogP contribution is 2.52. The molecule has 1 fully saturated rings. The molecule has 1 unspecified atom stereocenters. The van der Waals surface area contributed by atoms with Crippen LogP contribution in [0.2, 0.25) is 0 Å². The van der Waals surface area contributed by atoms with Crippen molar-refractivity contribution in [1.29, 1.82) is 0 Å². The number of nitrogens with zero attached hydrogens (tertiary/aromatic N) is 2. The largest absolute Gasteiger partial charge is 0.372 e. The second-order valence-electron chi connectivity index (χ2n) is 8.46. The number of hydrogen-bond donors (Lipinski definition) is 1. The van der Waals surface area contributed by atoms with Crippen LogP contribution in [0, 0.1) is 0 Å². The van der Waals surface area contributed by atoms with E-state index in [4.69, 9.17) is 0 Å². The van der Waals surface area contributed by atoms with Gasteiger partial charge in [-0.2, -0.15) is 0 Å². The molecule has 0 bridgehead atoms. The molecular weight excluding hydrogens is 358 g/mol. The highest BCUT2D eigenvalue weighted by molar-refractivity contribution is 5.84. The number of anilines is 2. The van der Waals surface area contributed by atoms with E-state index in [9.17, 15) is 4.79 Å². The molecule has 1 saturated heterocycles.